The van der Waals surface area contributed by atoms with E-state index in [0.717, 1.165) is 29.2 Å². The van der Waals surface area contributed by atoms with Crippen LogP contribution in [-0.2, 0) is 0 Å². The molecule has 2 aromatic rings. The summed E-state index contributed by atoms with van der Waals surface area (Å²) in [6.45, 7) is 8.04. The molecule has 0 spiro atoms. The molecule has 0 atom stereocenters. The molecular formula is C22H35N5. The van der Waals surface area contributed by atoms with Crippen LogP contribution in [0.2, 0.25) is 0 Å². The molecule has 3 rings (SSSR count). The summed E-state index contributed by atoms with van der Waals surface area (Å²) in [6, 6.07) is 9.34. The number of fused-ring (bicyclic) bond motifs is 1. The molecule has 0 unspecified atom stereocenters. The van der Waals surface area contributed by atoms with Gasteiger partial charge in [-0.15, -0.1) is 0 Å². The monoisotopic (exact) mass is 369 g/mol. The van der Waals surface area contributed by atoms with Gasteiger partial charge in [0.1, 0.15) is 5.82 Å². The Morgan fingerprint density at radius 1 is 1.00 bits per heavy atom. The molecule has 1 fully saturated rings. The summed E-state index contributed by atoms with van der Waals surface area (Å²) in [6.07, 6.45) is 6.00. The van der Waals surface area contributed by atoms with E-state index in [1.54, 1.807) is 0 Å². The van der Waals surface area contributed by atoms with Gasteiger partial charge in [0.15, 0.2) is 0 Å². The van der Waals surface area contributed by atoms with Crippen molar-refractivity contribution in [3.63, 3.8) is 0 Å². The molecule has 0 saturated heterocycles. The second-order valence-electron chi connectivity index (χ2n) is 9.24. The van der Waals surface area contributed by atoms with Gasteiger partial charge < -0.3 is 15.5 Å². The maximum atomic E-state index is 4.78. The Balaban J connectivity index is 1.57. The molecule has 5 heteroatoms. The van der Waals surface area contributed by atoms with E-state index in [4.69, 9.17) is 9.97 Å². The Hall–Kier alpha value is -1.88. The largest absolute Gasteiger partial charge is 0.362 e. The van der Waals surface area contributed by atoms with Gasteiger partial charge in [0.05, 0.1) is 5.52 Å². The van der Waals surface area contributed by atoms with E-state index in [2.05, 4.69) is 48.4 Å². The molecule has 0 bridgehead atoms. The highest BCUT2D eigenvalue weighted by Gasteiger charge is 2.22. The minimum Gasteiger partial charge on any atom is -0.362 e. The minimum absolute atomic E-state index is 0.406. The highest BCUT2D eigenvalue weighted by molar-refractivity contribution is 5.90. The molecule has 27 heavy (non-hydrogen) atoms. The summed E-state index contributed by atoms with van der Waals surface area (Å²) < 4.78 is 0. The zero-order valence-electron chi connectivity index (χ0n) is 17.5. The second-order valence-corrected chi connectivity index (χ2v) is 9.24. The minimum atomic E-state index is 0.406. The molecule has 0 amide bonds. The fourth-order valence-electron chi connectivity index (χ4n) is 3.74. The Morgan fingerprint density at radius 2 is 1.67 bits per heavy atom. The number of anilines is 2. The summed E-state index contributed by atoms with van der Waals surface area (Å²) in [5, 5.41) is 8.43. The Labute approximate surface area is 164 Å². The zero-order chi connectivity index (χ0) is 19.4. The third kappa shape index (κ3) is 5.55. The molecule has 0 radical (unpaired) electrons. The van der Waals surface area contributed by atoms with Crippen molar-refractivity contribution in [2.45, 2.75) is 65.0 Å². The summed E-state index contributed by atoms with van der Waals surface area (Å²) in [4.78, 5) is 11.6. The van der Waals surface area contributed by atoms with Gasteiger partial charge in [-0.25, -0.2) is 4.98 Å². The van der Waals surface area contributed by atoms with Gasteiger partial charge in [-0.2, -0.15) is 4.98 Å². The van der Waals surface area contributed by atoms with Gasteiger partial charge in [-0.3, -0.25) is 0 Å². The fraction of sp³-hybridized carbons (Fsp3) is 0.636. The van der Waals surface area contributed by atoms with Gasteiger partial charge >= 0.3 is 0 Å². The predicted octanol–water partition coefficient (Wildman–Crippen LogP) is 4.44. The quantitative estimate of drug-likeness (QED) is 0.788. The molecule has 1 aromatic heterocycles. The average Bonchev–Trinajstić information content (AvgIpc) is 2.61. The number of hydrogen-bond acceptors (Lipinski definition) is 5. The number of benzene rings is 1. The van der Waals surface area contributed by atoms with E-state index in [1.807, 2.05) is 26.2 Å². The average molecular weight is 370 g/mol. The van der Waals surface area contributed by atoms with E-state index < -0.39 is 0 Å². The van der Waals surface area contributed by atoms with E-state index in [1.165, 1.54) is 32.1 Å². The van der Waals surface area contributed by atoms with Crippen molar-refractivity contribution >= 4 is 22.7 Å². The van der Waals surface area contributed by atoms with Crippen molar-refractivity contribution in [2.24, 2.45) is 5.41 Å². The third-order valence-corrected chi connectivity index (χ3v) is 5.38. The van der Waals surface area contributed by atoms with Crippen molar-refractivity contribution < 1.29 is 0 Å². The highest BCUT2D eigenvalue weighted by Crippen LogP contribution is 2.26. The Morgan fingerprint density at radius 3 is 2.33 bits per heavy atom. The van der Waals surface area contributed by atoms with Gasteiger partial charge in [0.25, 0.3) is 0 Å². The number of aromatic nitrogens is 2. The van der Waals surface area contributed by atoms with Crippen molar-refractivity contribution in [3.8, 4) is 0 Å². The van der Waals surface area contributed by atoms with Crippen LogP contribution in [0, 0.1) is 5.41 Å². The van der Waals surface area contributed by atoms with Gasteiger partial charge in [0.2, 0.25) is 5.95 Å². The first-order valence-corrected chi connectivity index (χ1v) is 10.3. The van der Waals surface area contributed by atoms with Gasteiger partial charge in [-0.05, 0) is 56.2 Å². The lowest BCUT2D eigenvalue weighted by Gasteiger charge is -2.31. The zero-order valence-corrected chi connectivity index (χ0v) is 17.5. The molecular weight excluding hydrogens is 334 g/mol. The Bertz CT molecular complexity index is 742. The molecule has 148 valence electrons. The summed E-state index contributed by atoms with van der Waals surface area (Å²) in [5.74, 6) is 1.72. The number of nitrogens with one attached hydrogen (secondary N) is 2. The van der Waals surface area contributed by atoms with Crippen LogP contribution in [0.1, 0.15) is 52.9 Å². The highest BCUT2D eigenvalue weighted by atomic mass is 15.2. The van der Waals surface area contributed by atoms with Crippen LogP contribution >= 0.6 is 0 Å². The fourth-order valence-corrected chi connectivity index (χ4v) is 3.74. The third-order valence-electron chi connectivity index (χ3n) is 5.38. The SMILES string of the molecule is CN(C)c1nc(N[C@H]2CC[C@@H](NCCC(C)(C)C)CC2)nc2ccccc12. The van der Waals surface area contributed by atoms with E-state index in [0.29, 0.717) is 17.5 Å². The lowest BCUT2D eigenvalue weighted by Crippen LogP contribution is -2.38. The Kier molecular flexibility index (Phi) is 6.20. The van der Waals surface area contributed by atoms with Crippen LogP contribution in [-0.4, -0.2) is 42.7 Å². The normalized spacial score (nSPS) is 20.6. The molecule has 2 N–H and O–H groups in total. The second kappa shape index (κ2) is 8.42. The maximum absolute atomic E-state index is 4.78. The standard InChI is InChI=1S/C22H35N5/c1-22(2,3)14-15-23-16-10-12-17(13-11-16)24-21-25-19-9-7-6-8-18(19)20(26-21)27(4)5/h6-9,16-17,23H,10-15H2,1-5H3,(H,24,25,26)/t16-,17+. The first-order chi connectivity index (χ1) is 12.8. The molecule has 1 saturated carbocycles. The summed E-state index contributed by atoms with van der Waals surface area (Å²) in [7, 11) is 4.07. The van der Waals surface area contributed by atoms with Crippen LogP contribution in [0.3, 0.4) is 0 Å². The molecule has 5 nitrogen and oxygen atoms in total. The summed E-state index contributed by atoms with van der Waals surface area (Å²) >= 11 is 0. The first kappa shape index (κ1) is 19.9. The topological polar surface area (TPSA) is 53.1 Å². The predicted molar refractivity (Wildman–Crippen MR) is 116 cm³/mol. The molecule has 1 aliphatic rings. The number of nitrogens with zero attached hydrogens (tertiary/aromatic N) is 3. The molecule has 1 aliphatic carbocycles. The lowest BCUT2D eigenvalue weighted by atomic mass is 9.89. The van der Waals surface area contributed by atoms with Crippen LogP contribution in [0.5, 0.6) is 0 Å². The van der Waals surface area contributed by atoms with Gasteiger partial charge in [0, 0.05) is 31.6 Å². The number of para-hydroxylation sites is 1. The van der Waals surface area contributed by atoms with Crippen molar-refractivity contribution in [1.82, 2.24) is 15.3 Å². The van der Waals surface area contributed by atoms with E-state index in [9.17, 15) is 0 Å². The van der Waals surface area contributed by atoms with Gasteiger partial charge in [-0.1, -0.05) is 32.9 Å². The van der Waals surface area contributed by atoms with Crippen molar-refractivity contribution in [1.29, 1.82) is 0 Å². The van der Waals surface area contributed by atoms with E-state index >= 15 is 0 Å². The van der Waals surface area contributed by atoms with Crippen LogP contribution < -0.4 is 15.5 Å². The lowest BCUT2D eigenvalue weighted by molar-refractivity contribution is 0.315. The van der Waals surface area contributed by atoms with Crippen molar-refractivity contribution in [2.75, 3.05) is 30.9 Å². The van der Waals surface area contributed by atoms with Crippen LogP contribution in [0.15, 0.2) is 24.3 Å². The smallest absolute Gasteiger partial charge is 0.225 e. The number of rotatable bonds is 6. The maximum Gasteiger partial charge on any atom is 0.225 e. The van der Waals surface area contributed by atoms with E-state index in [-0.39, 0.29) is 0 Å². The molecule has 1 heterocycles. The van der Waals surface area contributed by atoms with Crippen molar-refractivity contribution in [3.05, 3.63) is 24.3 Å². The van der Waals surface area contributed by atoms with Crippen LogP contribution in [0.25, 0.3) is 10.9 Å². The summed E-state index contributed by atoms with van der Waals surface area (Å²) in [5.41, 5.74) is 1.40. The molecule has 1 aromatic carbocycles. The van der Waals surface area contributed by atoms with Crippen LogP contribution in [0.4, 0.5) is 11.8 Å². The first-order valence-electron chi connectivity index (χ1n) is 10.3. The number of hydrogen-bond donors (Lipinski definition) is 2. The molecule has 0 aliphatic heterocycles.